The van der Waals surface area contributed by atoms with Gasteiger partial charge in [-0.2, -0.15) is 0 Å². The fourth-order valence-corrected chi connectivity index (χ4v) is 2.84. The van der Waals surface area contributed by atoms with E-state index in [1.165, 1.54) is 12.0 Å². The number of nitrogens with zero attached hydrogens (tertiary/aromatic N) is 2. The molecule has 2 N–H and O–H groups in total. The average Bonchev–Trinajstić information content (AvgIpc) is 3.30. The van der Waals surface area contributed by atoms with Crippen LogP contribution < -0.4 is 10.6 Å². The quantitative estimate of drug-likeness (QED) is 0.384. The molecule has 1 aliphatic heterocycles. The van der Waals surface area contributed by atoms with E-state index in [2.05, 4.69) is 39.7 Å². The summed E-state index contributed by atoms with van der Waals surface area (Å²) in [6, 6.07) is 8.14. The van der Waals surface area contributed by atoms with Gasteiger partial charge in [0.2, 0.25) is 5.89 Å². The maximum absolute atomic E-state index is 5.63. The lowest BCUT2D eigenvalue weighted by atomic mass is 10.1. The van der Waals surface area contributed by atoms with E-state index in [-0.39, 0.29) is 24.0 Å². The largest absolute Gasteiger partial charge is 0.444 e. The molecule has 142 valence electrons. The van der Waals surface area contributed by atoms with Gasteiger partial charge in [-0.25, -0.2) is 4.98 Å². The first kappa shape index (κ1) is 20.7. The molecule has 6 nitrogen and oxygen atoms in total. The Morgan fingerprint density at radius 1 is 1.27 bits per heavy atom. The Morgan fingerprint density at radius 3 is 2.77 bits per heavy atom. The van der Waals surface area contributed by atoms with Crippen LogP contribution in [0.5, 0.6) is 0 Å². The van der Waals surface area contributed by atoms with Crippen molar-refractivity contribution in [3.05, 3.63) is 41.8 Å². The zero-order valence-corrected chi connectivity index (χ0v) is 17.7. The summed E-state index contributed by atoms with van der Waals surface area (Å²) in [7, 11) is 1.77. The lowest BCUT2D eigenvalue weighted by molar-refractivity contribution is 0.105. The summed E-state index contributed by atoms with van der Waals surface area (Å²) in [4.78, 5) is 8.76. The van der Waals surface area contributed by atoms with Crippen LogP contribution in [0.15, 0.2) is 39.9 Å². The predicted octanol–water partition coefficient (Wildman–Crippen LogP) is 3.50. The van der Waals surface area contributed by atoms with Gasteiger partial charge in [-0.3, -0.25) is 4.99 Å². The molecular weight excluding hydrogens is 443 g/mol. The minimum Gasteiger partial charge on any atom is -0.444 e. The summed E-state index contributed by atoms with van der Waals surface area (Å²) in [5, 5.41) is 6.57. The summed E-state index contributed by atoms with van der Waals surface area (Å²) in [6.07, 6.45) is 5.41. The van der Waals surface area contributed by atoms with Gasteiger partial charge in [0.1, 0.15) is 6.26 Å². The fraction of sp³-hybridized carbons (Fsp3) is 0.474. The number of rotatable bonds is 6. The highest BCUT2D eigenvalue weighted by atomic mass is 127. The molecule has 26 heavy (non-hydrogen) atoms. The Bertz CT molecular complexity index is 694. The minimum atomic E-state index is 0. The standard InChI is InChI=1S/C19H26N4O2.HI/c1-14-5-7-15(8-6-14)18-23-16(13-25-18)12-22-19(20-2)21-10-9-17-4-3-11-24-17;/h5-8,13,17H,3-4,9-12H2,1-2H3,(H2,20,21,22);1H. The van der Waals surface area contributed by atoms with Gasteiger partial charge in [-0.05, 0) is 38.3 Å². The number of aliphatic imine (C=N–C) groups is 1. The second-order valence-corrected chi connectivity index (χ2v) is 6.29. The molecule has 0 bridgehead atoms. The third-order valence-electron chi connectivity index (χ3n) is 4.29. The van der Waals surface area contributed by atoms with E-state index in [1.807, 2.05) is 12.1 Å². The van der Waals surface area contributed by atoms with Crippen molar-refractivity contribution in [3.63, 3.8) is 0 Å². The Kier molecular flexibility index (Phi) is 8.37. The van der Waals surface area contributed by atoms with Crippen LogP contribution in [-0.2, 0) is 11.3 Å². The summed E-state index contributed by atoms with van der Waals surface area (Å²) < 4.78 is 11.2. The second kappa shape index (κ2) is 10.5. The fourth-order valence-electron chi connectivity index (χ4n) is 2.84. The van der Waals surface area contributed by atoms with E-state index in [9.17, 15) is 0 Å². The number of hydrogen-bond acceptors (Lipinski definition) is 4. The molecule has 0 saturated carbocycles. The normalized spacial score (nSPS) is 17.0. The third-order valence-corrected chi connectivity index (χ3v) is 4.29. The van der Waals surface area contributed by atoms with Crippen LogP contribution in [0.2, 0.25) is 0 Å². The zero-order valence-electron chi connectivity index (χ0n) is 15.3. The Hall–Kier alpha value is -1.61. The van der Waals surface area contributed by atoms with Crippen LogP contribution in [-0.4, -0.2) is 37.2 Å². The number of guanidine groups is 1. The minimum absolute atomic E-state index is 0. The molecule has 0 spiro atoms. The number of nitrogens with one attached hydrogen (secondary N) is 2. The molecule has 1 unspecified atom stereocenters. The number of oxazole rings is 1. The van der Waals surface area contributed by atoms with Crippen molar-refractivity contribution in [2.24, 2.45) is 4.99 Å². The number of aromatic nitrogens is 1. The van der Waals surface area contributed by atoms with Crippen LogP contribution in [0.1, 0.15) is 30.5 Å². The predicted molar refractivity (Wildman–Crippen MR) is 114 cm³/mol. The number of hydrogen-bond donors (Lipinski definition) is 2. The van der Waals surface area contributed by atoms with E-state index >= 15 is 0 Å². The average molecular weight is 470 g/mol. The molecular formula is C19H27IN4O2. The van der Waals surface area contributed by atoms with Crippen LogP contribution >= 0.6 is 24.0 Å². The van der Waals surface area contributed by atoms with Crippen molar-refractivity contribution in [1.82, 2.24) is 15.6 Å². The Balaban J connectivity index is 0.00000243. The maximum atomic E-state index is 5.63. The van der Waals surface area contributed by atoms with E-state index < -0.39 is 0 Å². The summed E-state index contributed by atoms with van der Waals surface area (Å²) in [5.74, 6) is 1.40. The molecule has 1 aromatic heterocycles. The highest BCUT2D eigenvalue weighted by Crippen LogP contribution is 2.19. The van der Waals surface area contributed by atoms with Gasteiger partial charge in [0.25, 0.3) is 0 Å². The summed E-state index contributed by atoms with van der Waals surface area (Å²) >= 11 is 0. The lowest BCUT2D eigenvalue weighted by Gasteiger charge is -2.13. The first-order valence-corrected chi connectivity index (χ1v) is 8.82. The van der Waals surface area contributed by atoms with E-state index in [0.717, 1.165) is 43.2 Å². The molecule has 1 aliphatic rings. The van der Waals surface area contributed by atoms with Gasteiger partial charge in [0, 0.05) is 25.8 Å². The lowest BCUT2D eigenvalue weighted by Crippen LogP contribution is -2.38. The molecule has 2 heterocycles. The maximum Gasteiger partial charge on any atom is 0.226 e. The van der Waals surface area contributed by atoms with Crippen molar-refractivity contribution in [2.45, 2.75) is 38.8 Å². The first-order chi connectivity index (χ1) is 12.2. The number of benzene rings is 1. The van der Waals surface area contributed by atoms with Crippen molar-refractivity contribution in [1.29, 1.82) is 0 Å². The topological polar surface area (TPSA) is 71.7 Å². The molecule has 7 heteroatoms. The highest BCUT2D eigenvalue weighted by molar-refractivity contribution is 14.0. The molecule has 1 saturated heterocycles. The molecule has 1 aromatic carbocycles. The van der Waals surface area contributed by atoms with Crippen LogP contribution in [0.25, 0.3) is 11.5 Å². The van der Waals surface area contributed by atoms with E-state index in [4.69, 9.17) is 9.15 Å². The van der Waals surface area contributed by atoms with Crippen molar-refractivity contribution in [3.8, 4) is 11.5 Å². The molecule has 2 aromatic rings. The molecule has 3 rings (SSSR count). The SMILES string of the molecule is CN=C(NCCC1CCCO1)NCc1coc(-c2ccc(C)cc2)n1.I. The van der Waals surface area contributed by atoms with Gasteiger partial charge in [-0.1, -0.05) is 17.7 Å². The summed E-state index contributed by atoms with van der Waals surface area (Å²) in [6.45, 7) is 4.37. The summed E-state index contributed by atoms with van der Waals surface area (Å²) in [5.41, 5.74) is 3.05. The first-order valence-electron chi connectivity index (χ1n) is 8.82. The van der Waals surface area contributed by atoms with Crippen molar-refractivity contribution < 1.29 is 9.15 Å². The Morgan fingerprint density at radius 2 is 2.08 bits per heavy atom. The number of halogens is 1. The molecule has 0 amide bonds. The zero-order chi connectivity index (χ0) is 17.5. The molecule has 1 atom stereocenters. The second-order valence-electron chi connectivity index (χ2n) is 6.29. The molecule has 0 radical (unpaired) electrons. The van der Waals surface area contributed by atoms with Crippen molar-refractivity contribution >= 4 is 29.9 Å². The Labute approximate surface area is 171 Å². The molecule has 0 aliphatic carbocycles. The van der Waals surface area contributed by atoms with Gasteiger partial charge in [-0.15, -0.1) is 24.0 Å². The van der Waals surface area contributed by atoms with Gasteiger partial charge in [0.15, 0.2) is 5.96 Å². The smallest absolute Gasteiger partial charge is 0.226 e. The van der Waals surface area contributed by atoms with Gasteiger partial charge in [0.05, 0.1) is 18.3 Å². The van der Waals surface area contributed by atoms with Gasteiger partial charge < -0.3 is 19.8 Å². The van der Waals surface area contributed by atoms with E-state index in [1.54, 1.807) is 13.3 Å². The van der Waals surface area contributed by atoms with Crippen molar-refractivity contribution in [2.75, 3.05) is 20.2 Å². The highest BCUT2D eigenvalue weighted by Gasteiger charge is 2.15. The number of ether oxygens (including phenoxy) is 1. The molecule has 1 fully saturated rings. The van der Waals surface area contributed by atoms with Crippen LogP contribution in [0.4, 0.5) is 0 Å². The number of aryl methyl sites for hydroxylation is 1. The van der Waals surface area contributed by atoms with Crippen LogP contribution in [0, 0.1) is 6.92 Å². The van der Waals surface area contributed by atoms with Gasteiger partial charge >= 0.3 is 0 Å². The third kappa shape index (κ3) is 5.98. The van der Waals surface area contributed by atoms with Crippen LogP contribution in [0.3, 0.4) is 0 Å². The monoisotopic (exact) mass is 470 g/mol. The van der Waals surface area contributed by atoms with E-state index in [0.29, 0.717) is 18.5 Å².